The van der Waals surface area contributed by atoms with Crippen molar-refractivity contribution in [2.24, 2.45) is 0 Å². The van der Waals surface area contributed by atoms with Crippen molar-refractivity contribution in [1.29, 1.82) is 0 Å². The number of anilines is 1. The Bertz CT molecular complexity index is 731. The summed E-state index contributed by atoms with van der Waals surface area (Å²) in [5.41, 5.74) is 1.52. The van der Waals surface area contributed by atoms with E-state index in [2.05, 4.69) is 4.72 Å². The third-order valence-corrected chi connectivity index (χ3v) is 4.27. The molecule has 3 nitrogen and oxygen atoms in total. The van der Waals surface area contributed by atoms with E-state index in [0.29, 0.717) is 5.69 Å². The molecule has 0 saturated heterocycles. The maximum absolute atomic E-state index is 11.9. The van der Waals surface area contributed by atoms with E-state index in [1.165, 1.54) is 0 Å². The molecule has 0 saturated carbocycles. The van der Waals surface area contributed by atoms with Crippen LogP contribution in [0, 0.1) is 6.92 Å². The first-order chi connectivity index (χ1) is 10.1. The maximum Gasteiger partial charge on any atom is 0.214 e. The summed E-state index contributed by atoms with van der Waals surface area (Å²) in [6.07, 6.45) is 0. The fourth-order valence-corrected chi connectivity index (χ4v) is 2.90. The molecule has 0 bridgehead atoms. The van der Waals surface area contributed by atoms with Crippen molar-refractivity contribution >= 4 is 15.7 Å². The Morgan fingerprint density at radius 2 is 1.55 bits per heavy atom. The molecular weight excluding hydrogens is 338 g/mol. The average molecular weight is 355 g/mol. The van der Waals surface area contributed by atoms with Gasteiger partial charge in [0.2, 0.25) is 10.0 Å². The third-order valence-electron chi connectivity index (χ3n) is 2.89. The van der Waals surface area contributed by atoms with Gasteiger partial charge in [-0.05, 0) is 23.4 Å². The second kappa shape index (κ2) is 8.59. The van der Waals surface area contributed by atoms with Crippen LogP contribution in [-0.2, 0) is 27.1 Å². The van der Waals surface area contributed by atoms with Crippen LogP contribution >= 0.6 is 0 Å². The van der Waals surface area contributed by atoms with Crippen molar-refractivity contribution in [2.45, 2.75) is 11.8 Å². The van der Waals surface area contributed by atoms with E-state index in [1.54, 1.807) is 36.4 Å². The molecule has 0 heterocycles. The smallest absolute Gasteiger partial charge is 0.214 e. The monoisotopic (exact) mass is 355 g/mol. The van der Waals surface area contributed by atoms with E-state index in [4.69, 9.17) is 0 Å². The van der Waals surface area contributed by atoms with Gasteiger partial charge in [-0.25, -0.2) is 32.7 Å². The maximum atomic E-state index is 11.9. The zero-order valence-corrected chi connectivity index (χ0v) is 14.0. The molecule has 22 heavy (non-hydrogen) atoms. The molecule has 0 aliphatic rings. The molecule has 5 heteroatoms. The number of nitrogens with one attached hydrogen (secondary N) is 1. The van der Waals surface area contributed by atoms with Gasteiger partial charge in [0.05, 0.1) is 5.69 Å². The molecule has 0 atom stereocenters. The molecule has 0 unspecified atom stereocenters. The molecule has 3 rings (SSSR count). The van der Waals surface area contributed by atoms with Gasteiger partial charge in [0, 0.05) is 17.1 Å². The summed E-state index contributed by atoms with van der Waals surface area (Å²) in [6, 6.07) is 23.8. The number of sulfonamides is 1. The Balaban J connectivity index is 0.000000344. The van der Waals surface area contributed by atoms with Gasteiger partial charge in [0.25, 0.3) is 0 Å². The number of hydrogen-bond donors (Lipinski definition) is 1. The Hall–Kier alpha value is -1.81. The Labute approximate surface area is 142 Å². The fourth-order valence-electron chi connectivity index (χ4n) is 1.75. The second-order valence-electron chi connectivity index (χ2n) is 4.50. The predicted molar refractivity (Wildman–Crippen MR) is 86.1 cm³/mol. The molecule has 0 radical (unpaired) electrons. The van der Waals surface area contributed by atoms with Gasteiger partial charge in [-0.1, -0.05) is 18.2 Å². The summed E-state index contributed by atoms with van der Waals surface area (Å²) in [4.78, 5) is 0.288. The molecule has 0 aromatic heterocycles. The van der Waals surface area contributed by atoms with Crippen LogP contribution in [0.25, 0.3) is 0 Å². The summed E-state index contributed by atoms with van der Waals surface area (Å²) in [5.74, 6) is 0. The normalized spacial score (nSPS) is 10.0. The van der Waals surface area contributed by atoms with Crippen molar-refractivity contribution in [3.05, 3.63) is 84.4 Å². The van der Waals surface area contributed by atoms with Crippen molar-refractivity contribution in [2.75, 3.05) is 4.72 Å². The predicted octanol–water partition coefficient (Wildman–Crippen LogP) is 3.92. The summed E-state index contributed by atoms with van der Waals surface area (Å²) in [6.45, 7) is 1.86. The number of para-hydroxylation sites is 1. The van der Waals surface area contributed by atoms with E-state index >= 15 is 0 Å². The number of rotatable bonds is 3. The number of hydrogen-bond acceptors (Lipinski definition) is 2. The van der Waals surface area contributed by atoms with Crippen molar-refractivity contribution < 1.29 is 25.5 Å². The first-order valence-corrected chi connectivity index (χ1v) is 8.05. The van der Waals surface area contributed by atoms with Crippen LogP contribution in [0.4, 0.5) is 5.69 Å². The van der Waals surface area contributed by atoms with Crippen molar-refractivity contribution in [1.82, 2.24) is 0 Å². The molecule has 0 spiro atoms. The quantitative estimate of drug-likeness (QED) is 0.572. The second-order valence-corrected chi connectivity index (χ2v) is 6.19. The minimum atomic E-state index is -3.44. The molecule has 3 aromatic rings. The minimum Gasteiger partial charge on any atom is -0.289 e. The van der Waals surface area contributed by atoms with Crippen LogP contribution in [0.2, 0.25) is 0 Å². The third kappa shape index (κ3) is 5.19. The molecule has 0 fully saturated rings. The Morgan fingerprint density at radius 1 is 0.955 bits per heavy atom. The topological polar surface area (TPSA) is 46.2 Å². The van der Waals surface area contributed by atoms with Gasteiger partial charge in [-0.2, -0.15) is 30.3 Å². The summed E-state index contributed by atoms with van der Waals surface area (Å²) in [7, 11) is -3.44. The van der Waals surface area contributed by atoms with E-state index in [-0.39, 0.29) is 22.0 Å². The van der Waals surface area contributed by atoms with Crippen molar-refractivity contribution in [3.63, 3.8) is 0 Å². The molecule has 3 aromatic carbocycles. The van der Waals surface area contributed by atoms with Gasteiger partial charge in [-0.15, -0.1) is 0 Å². The fraction of sp³-hybridized carbons (Fsp3) is 0.0588. The van der Waals surface area contributed by atoms with Crippen LogP contribution in [0.15, 0.2) is 83.8 Å². The zero-order valence-electron chi connectivity index (χ0n) is 12.1. The van der Waals surface area contributed by atoms with E-state index in [1.807, 2.05) is 49.4 Å². The van der Waals surface area contributed by atoms with E-state index in [9.17, 15) is 8.42 Å². The average Bonchev–Trinajstić information content (AvgIpc) is 3.17. The summed E-state index contributed by atoms with van der Waals surface area (Å²) < 4.78 is 26.4. The van der Waals surface area contributed by atoms with Gasteiger partial charge >= 0.3 is 0 Å². The largest absolute Gasteiger partial charge is 0.289 e. The summed E-state index contributed by atoms with van der Waals surface area (Å²) in [5, 5.41) is 0. The standard InChI is InChI=1S/C12H12NO2S.C5H5.Fe/c1-10-6-2-5-9-12(10)13-16(14,15)11-7-3-4-8-11;1-2-4-5-3-1;/h2-9,13H,1H3;1-5H;/q2*-1;. The first-order valence-electron chi connectivity index (χ1n) is 6.56. The molecular formula is C17H17FeNO2S-2. The molecule has 0 amide bonds. The summed E-state index contributed by atoms with van der Waals surface area (Å²) >= 11 is 0. The van der Waals surface area contributed by atoms with Crippen LogP contribution in [0.3, 0.4) is 0 Å². The van der Waals surface area contributed by atoms with Gasteiger partial charge in [0.1, 0.15) is 0 Å². The van der Waals surface area contributed by atoms with Crippen LogP contribution < -0.4 is 4.72 Å². The van der Waals surface area contributed by atoms with E-state index in [0.717, 1.165) is 5.56 Å². The number of benzene rings is 1. The molecule has 0 aliphatic heterocycles. The Kier molecular flexibility index (Phi) is 7.12. The van der Waals surface area contributed by atoms with Gasteiger partial charge in [0.15, 0.2) is 0 Å². The Morgan fingerprint density at radius 3 is 2.05 bits per heavy atom. The van der Waals surface area contributed by atoms with Gasteiger partial charge < -0.3 is 0 Å². The molecule has 1 N–H and O–H groups in total. The van der Waals surface area contributed by atoms with Crippen LogP contribution in [-0.4, -0.2) is 8.42 Å². The van der Waals surface area contributed by atoms with Gasteiger partial charge in [-0.3, -0.25) is 4.72 Å². The van der Waals surface area contributed by atoms with Crippen LogP contribution in [0.1, 0.15) is 5.56 Å². The molecule has 118 valence electrons. The van der Waals surface area contributed by atoms with Crippen molar-refractivity contribution in [3.8, 4) is 0 Å². The zero-order chi connectivity index (χ0) is 15.1. The SMILES string of the molecule is Cc1ccccc1NS(=O)(=O)[c-]1cccc1.[Fe].c1cc[cH-]c1. The van der Waals surface area contributed by atoms with Crippen LogP contribution in [0.5, 0.6) is 0 Å². The molecule has 0 aliphatic carbocycles. The minimum absolute atomic E-state index is 0. The number of aryl methyl sites for hydroxylation is 1. The first kappa shape index (κ1) is 18.2. The van der Waals surface area contributed by atoms with E-state index < -0.39 is 10.0 Å².